The zero-order chi connectivity index (χ0) is 13.0. The van der Waals surface area contributed by atoms with Gasteiger partial charge in [-0.2, -0.15) is 0 Å². The molecule has 0 spiro atoms. The zero-order valence-electron chi connectivity index (χ0n) is 11.7. The summed E-state index contributed by atoms with van der Waals surface area (Å²) in [4.78, 5) is 0. The van der Waals surface area contributed by atoms with Crippen LogP contribution in [-0.2, 0) is 0 Å². The van der Waals surface area contributed by atoms with Crippen LogP contribution in [0, 0.1) is 5.92 Å². The summed E-state index contributed by atoms with van der Waals surface area (Å²) in [7, 11) is 1.71. The highest BCUT2D eigenvalue weighted by molar-refractivity contribution is 5.40. The van der Waals surface area contributed by atoms with Crippen molar-refractivity contribution in [3.8, 4) is 5.75 Å². The highest BCUT2D eigenvalue weighted by Gasteiger charge is 2.14. The zero-order valence-corrected chi connectivity index (χ0v) is 11.7. The van der Waals surface area contributed by atoms with Crippen LogP contribution >= 0.6 is 0 Å². The summed E-state index contributed by atoms with van der Waals surface area (Å²) in [5.41, 5.74) is 8.63. The number of ether oxygens (including phenoxy) is 1. The summed E-state index contributed by atoms with van der Waals surface area (Å²) in [6.07, 6.45) is 0.984. The molecule has 1 aromatic carbocycles. The van der Waals surface area contributed by atoms with E-state index in [1.807, 2.05) is 0 Å². The molecule has 2 N–H and O–H groups in total. The topological polar surface area (TPSA) is 35.2 Å². The Hall–Kier alpha value is -1.02. The normalized spacial score (nSPS) is 13.2. The Morgan fingerprint density at radius 3 is 2.29 bits per heavy atom. The van der Waals surface area contributed by atoms with Crippen LogP contribution in [-0.4, -0.2) is 7.11 Å². The molecule has 0 aliphatic rings. The average Bonchev–Trinajstić information content (AvgIpc) is 2.27. The lowest BCUT2D eigenvalue weighted by molar-refractivity contribution is 0.398. The minimum Gasteiger partial charge on any atom is -0.496 e. The number of nitrogens with two attached hydrogens (primary N) is 1. The molecule has 1 atom stereocenters. The summed E-state index contributed by atoms with van der Waals surface area (Å²) in [6, 6.07) is 6.44. The third-order valence-electron chi connectivity index (χ3n) is 3.05. The Morgan fingerprint density at radius 2 is 1.82 bits per heavy atom. The van der Waals surface area contributed by atoms with Gasteiger partial charge in [-0.05, 0) is 29.9 Å². The lowest BCUT2D eigenvalue weighted by Crippen LogP contribution is -2.14. The first-order valence-electron chi connectivity index (χ1n) is 6.39. The van der Waals surface area contributed by atoms with Crippen LogP contribution < -0.4 is 10.5 Å². The van der Waals surface area contributed by atoms with Gasteiger partial charge in [-0.3, -0.25) is 0 Å². The Kier molecular flexibility index (Phi) is 5.01. The molecule has 0 aliphatic carbocycles. The van der Waals surface area contributed by atoms with Gasteiger partial charge in [-0.15, -0.1) is 0 Å². The molecule has 96 valence electrons. The van der Waals surface area contributed by atoms with Crippen LogP contribution in [0.4, 0.5) is 0 Å². The van der Waals surface area contributed by atoms with Crippen molar-refractivity contribution in [2.45, 2.75) is 46.1 Å². The maximum Gasteiger partial charge on any atom is 0.123 e. The highest BCUT2D eigenvalue weighted by Crippen LogP contribution is 2.30. The molecule has 2 nitrogen and oxygen atoms in total. The molecule has 0 aromatic heterocycles. The van der Waals surface area contributed by atoms with Gasteiger partial charge in [-0.1, -0.05) is 39.8 Å². The van der Waals surface area contributed by atoms with E-state index in [-0.39, 0.29) is 6.04 Å². The molecule has 0 aliphatic heterocycles. The molecule has 1 rings (SSSR count). The van der Waals surface area contributed by atoms with Crippen molar-refractivity contribution < 1.29 is 4.74 Å². The van der Waals surface area contributed by atoms with Gasteiger partial charge < -0.3 is 10.5 Å². The van der Waals surface area contributed by atoms with E-state index in [9.17, 15) is 0 Å². The van der Waals surface area contributed by atoms with E-state index in [1.54, 1.807) is 7.11 Å². The number of methoxy groups -OCH3 is 1. The summed E-state index contributed by atoms with van der Waals surface area (Å²) in [6.45, 7) is 8.74. The monoisotopic (exact) mass is 235 g/mol. The van der Waals surface area contributed by atoms with Crippen molar-refractivity contribution in [1.82, 2.24) is 0 Å². The first-order chi connectivity index (χ1) is 7.95. The molecule has 0 saturated heterocycles. The van der Waals surface area contributed by atoms with E-state index >= 15 is 0 Å². The predicted molar refractivity (Wildman–Crippen MR) is 73.5 cm³/mol. The van der Waals surface area contributed by atoms with Gasteiger partial charge in [0.1, 0.15) is 5.75 Å². The fourth-order valence-corrected chi connectivity index (χ4v) is 2.03. The van der Waals surface area contributed by atoms with Crippen molar-refractivity contribution >= 4 is 0 Å². The fourth-order valence-electron chi connectivity index (χ4n) is 2.03. The second-order valence-electron chi connectivity index (χ2n) is 5.39. The van der Waals surface area contributed by atoms with Crippen molar-refractivity contribution in [2.24, 2.45) is 11.7 Å². The van der Waals surface area contributed by atoms with Crippen molar-refractivity contribution in [2.75, 3.05) is 7.11 Å². The van der Waals surface area contributed by atoms with E-state index in [0.29, 0.717) is 11.8 Å². The fraction of sp³-hybridized carbons (Fsp3) is 0.600. The predicted octanol–water partition coefficient (Wildman–Crippen LogP) is 3.86. The number of hydrogen-bond acceptors (Lipinski definition) is 2. The summed E-state index contributed by atoms with van der Waals surface area (Å²) >= 11 is 0. The number of rotatable bonds is 5. The van der Waals surface area contributed by atoms with Crippen LogP contribution in [0.1, 0.15) is 57.2 Å². The maximum atomic E-state index is 6.22. The molecule has 0 amide bonds. The lowest BCUT2D eigenvalue weighted by atomic mass is 9.94. The van der Waals surface area contributed by atoms with Crippen molar-refractivity contribution in [3.63, 3.8) is 0 Å². The molecule has 0 heterocycles. The highest BCUT2D eigenvalue weighted by atomic mass is 16.5. The van der Waals surface area contributed by atoms with E-state index in [4.69, 9.17) is 10.5 Å². The van der Waals surface area contributed by atoms with E-state index < -0.39 is 0 Å². The average molecular weight is 235 g/mol. The Balaban J connectivity index is 2.99. The van der Waals surface area contributed by atoms with Gasteiger partial charge >= 0.3 is 0 Å². The van der Waals surface area contributed by atoms with Crippen LogP contribution in [0.25, 0.3) is 0 Å². The SMILES string of the molecule is COc1cc(C(C)C)ccc1C(N)CC(C)C. The maximum absolute atomic E-state index is 6.22. The molecule has 0 saturated carbocycles. The van der Waals surface area contributed by atoms with Gasteiger partial charge in [0, 0.05) is 11.6 Å². The van der Waals surface area contributed by atoms with Gasteiger partial charge in [0.25, 0.3) is 0 Å². The van der Waals surface area contributed by atoms with Crippen molar-refractivity contribution in [3.05, 3.63) is 29.3 Å². The molecule has 0 bridgehead atoms. The van der Waals surface area contributed by atoms with Gasteiger partial charge in [0.2, 0.25) is 0 Å². The lowest BCUT2D eigenvalue weighted by Gasteiger charge is -2.19. The Labute approximate surface area is 105 Å². The summed E-state index contributed by atoms with van der Waals surface area (Å²) in [5.74, 6) is 2.03. The third kappa shape index (κ3) is 3.74. The van der Waals surface area contributed by atoms with Crippen molar-refractivity contribution in [1.29, 1.82) is 0 Å². The minimum absolute atomic E-state index is 0.0613. The summed E-state index contributed by atoms with van der Waals surface area (Å²) in [5, 5.41) is 0. The molecule has 2 heteroatoms. The van der Waals surface area contributed by atoms with Crippen LogP contribution in [0.15, 0.2) is 18.2 Å². The second-order valence-corrected chi connectivity index (χ2v) is 5.39. The molecule has 1 aromatic rings. The van der Waals surface area contributed by atoms with Gasteiger partial charge in [0.15, 0.2) is 0 Å². The molecular weight excluding hydrogens is 210 g/mol. The molecule has 0 radical (unpaired) electrons. The molecular formula is C15H25NO. The van der Waals surface area contributed by atoms with Crippen LogP contribution in [0.2, 0.25) is 0 Å². The Morgan fingerprint density at radius 1 is 1.18 bits per heavy atom. The largest absolute Gasteiger partial charge is 0.496 e. The molecule has 17 heavy (non-hydrogen) atoms. The number of hydrogen-bond donors (Lipinski definition) is 1. The standard InChI is InChI=1S/C15H25NO/c1-10(2)8-14(16)13-7-6-12(11(3)4)9-15(13)17-5/h6-7,9-11,14H,8,16H2,1-5H3. The van der Waals surface area contributed by atoms with E-state index in [0.717, 1.165) is 17.7 Å². The second kappa shape index (κ2) is 6.06. The smallest absolute Gasteiger partial charge is 0.123 e. The molecule has 0 fully saturated rings. The minimum atomic E-state index is 0.0613. The van der Waals surface area contributed by atoms with E-state index in [1.165, 1.54) is 5.56 Å². The van der Waals surface area contributed by atoms with Gasteiger partial charge in [0.05, 0.1) is 7.11 Å². The Bertz CT molecular complexity index is 358. The third-order valence-corrected chi connectivity index (χ3v) is 3.05. The van der Waals surface area contributed by atoms with Crippen LogP contribution in [0.3, 0.4) is 0 Å². The quantitative estimate of drug-likeness (QED) is 0.841. The van der Waals surface area contributed by atoms with E-state index in [2.05, 4.69) is 45.9 Å². The number of benzene rings is 1. The van der Waals surface area contributed by atoms with Crippen LogP contribution in [0.5, 0.6) is 5.75 Å². The first kappa shape index (κ1) is 14.0. The summed E-state index contributed by atoms with van der Waals surface area (Å²) < 4.78 is 5.46. The molecule has 1 unspecified atom stereocenters. The van der Waals surface area contributed by atoms with Gasteiger partial charge in [-0.25, -0.2) is 0 Å². The first-order valence-corrected chi connectivity index (χ1v) is 6.39.